The number of nitrogens with zero attached hydrogens (tertiary/aromatic N) is 2. The molecule has 0 saturated heterocycles. The summed E-state index contributed by atoms with van der Waals surface area (Å²) in [4.78, 5) is 25.2. The first-order chi connectivity index (χ1) is 17.3. The zero-order chi connectivity index (χ0) is 26.1. The highest BCUT2D eigenvalue weighted by Crippen LogP contribution is 2.24. The van der Waals surface area contributed by atoms with Crippen molar-refractivity contribution in [1.82, 2.24) is 15.1 Å². The molecule has 0 radical (unpaired) electrons. The van der Waals surface area contributed by atoms with Gasteiger partial charge in [0, 0.05) is 30.9 Å². The lowest BCUT2D eigenvalue weighted by atomic mass is 10.1. The Balaban J connectivity index is 1.71. The first-order valence-corrected chi connectivity index (χ1v) is 12.0. The van der Waals surface area contributed by atoms with Crippen LogP contribution in [0.1, 0.15) is 48.0 Å². The number of nitrogens with one attached hydrogen (secondary N) is 2. The minimum atomic E-state index is -0.364. The number of methoxy groups -OCH3 is 1. The highest BCUT2D eigenvalue weighted by molar-refractivity contribution is 6.06. The maximum atomic E-state index is 12.7. The number of carbonyl (C=O) groups excluding carboxylic acids is 2. The van der Waals surface area contributed by atoms with Crippen LogP contribution in [0.15, 0.2) is 54.7 Å². The van der Waals surface area contributed by atoms with E-state index in [4.69, 9.17) is 9.47 Å². The monoisotopic (exact) mass is 490 g/mol. The molecule has 8 heteroatoms. The van der Waals surface area contributed by atoms with Gasteiger partial charge in [-0.3, -0.25) is 14.3 Å². The Morgan fingerprint density at radius 2 is 1.92 bits per heavy atom. The predicted molar refractivity (Wildman–Crippen MR) is 141 cm³/mol. The molecule has 0 unspecified atom stereocenters. The van der Waals surface area contributed by atoms with E-state index in [1.807, 2.05) is 70.2 Å². The van der Waals surface area contributed by atoms with Crippen molar-refractivity contribution in [1.29, 1.82) is 0 Å². The van der Waals surface area contributed by atoms with Crippen molar-refractivity contribution in [2.75, 3.05) is 19.0 Å². The van der Waals surface area contributed by atoms with Gasteiger partial charge in [-0.2, -0.15) is 5.10 Å². The summed E-state index contributed by atoms with van der Waals surface area (Å²) in [6.07, 6.45) is 4.78. The van der Waals surface area contributed by atoms with Gasteiger partial charge in [-0.05, 0) is 55.2 Å². The number of hydrogen-bond acceptors (Lipinski definition) is 5. The molecule has 0 spiro atoms. The number of aromatic nitrogens is 2. The van der Waals surface area contributed by atoms with Gasteiger partial charge >= 0.3 is 0 Å². The van der Waals surface area contributed by atoms with E-state index in [0.29, 0.717) is 37.1 Å². The Labute approximate surface area is 212 Å². The van der Waals surface area contributed by atoms with Crippen LogP contribution in [0.4, 0.5) is 5.69 Å². The fourth-order valence-electron chi connectivity index (χ4n) is 3.46. The van der Waals surface area contributed by atoms with E-state index >= 15 is 0 Å². The molecular formula is C28H34N4O4. The van der Waals surface area contributed by atoms with Gasteiger partial charge in [-0.15, -0.1) is 0 Å². The van der Waals surface area contributed by atoms with E-state index in [0.717, 1.165) is 22.4 Å². The van der Waals surface area contributed by atoms with E-state index < -0.39 is 0 Å². The van der Waals surface area contributed by atoms with Crippen molar-refractivity contribution in [2.45, 2.75) is 40.8 Å². The normalized spacial score (nSPS) is 11.1. The maximum absolute atomic E-state index is 12.7. The molecule has 0 saturated carbocycles. The molecule has 0 fully saturated rings. The van der Waals surface area contributed by atoms with Crippen LogP contribution in [0.3, 0.4) is 0 Å². The summed E-state index contributed by atoms with van der Waals surface area (Å²) in [6.45, 7) is 9.36. The molecular weight excluding hydrogens is 456 g/mol. The zero-order valence-corrected chi connectivity index (χ0v) is 21.5. The van der Waals surface area contributed by atoms with Gasteiger partial charge in [0.2, 0.25) is 5.91 Å². The number of carbonyl (C=O) groups is 2. The Morgan fingerprint density at radius 1 is 1.14 bits per heavy atom. The van der Waals surface area contributed by atoms with Crippen molar-refractivity contribution in [2.24, 2.45) is 5.92 Å². The van der Waals surface area contributed by atoms with E-state index in [2.05, 4.69) is 15.7 Å². The number of anilines is 1. The summed E-state index contributed by atoms with van der Waals surface area (Å²) in [7, 11) is 1.61. The topological polar surface area (TPSA) is 94.5 Å². The average Bonchev–Trinajstić information content (AvgIpc) is 3.28. The van der Waals surface area contributed by atoms with Crippen molar-refractivity contribution < 1.29 is 19.1 Å². The third kappa shape index (κ3) is 7.21. The molecule has 1 aromatic heterocycles. The first-order valence-electron chi connectivity index (χ1n) is 12.0. The molecule has 0 atom stereocenters. The zero-order valence-electron chi connectivity index (χ0n) is 21.5. The molecule has 0 aliphatic rings. The van der Waals surface area contributed by atoms with Gasteiger partial charge in [0.1, 0.15) is 18.1 Å². The second-order valence-electron chi connectivity index (χ2n) is 8.80. The van der Waals surface area contributed by atoms with Gasteiger partial charge < -0.3 is 20.1 Å². The summed E-state index contributed by atoms with van der Waals surface area (Å²) >= 11 is 0. The van der Waals surface area contributed by atoms with Crippen molar-refractivity contribution in [3.05, 3.63) is 77.1 Å². The molecule has 190 valence electrons. The Morgan fingerprint density at radius 3 is 2.61 bits per heavy atom. The van der Waals surface area contributed by atoms with Crippen molar-refractivity contribution in [3.63, 3.8) is 0 Å². The minimum absolute atomic E-state index is 0.194. The fourth-order valence-corrected chi connectivity index (χ4v) is 3.46. The summed E-state index contributed by atoms with van der Waals surface area (Å²) in [5, 5.41) is 9.92. The Bertz CT molecular complexity index is 1230. The number of benzene rings is 2. The molecule has 8 nitrogen and oxygen atoms in total. The lowest BCUT2D eigenvalue weighted by molar-refractivity contribution is -0.111. The fraction of sp³-hybridized carbons (Fsp3) is 0.321. The smallest absolute Gasteiger partial charge is 0.273 e. The molecule has 3 aromatic rings. The van der Waals surface area contributed by atoms with Gasteiger partial charge in [0.25, 0.3) is 5.91 Å². The van der Waals surface area contributed by atoms with Crippen molar-refractivity contribution >= 4 is 23.6 Å². The number of ether oxygens (including phenoxy) is 2. The largest absolute Gasteiger partial charge is 0.496 e. The van der Waals surface area contributed by atoms with Crippen LogP contribution < -0.4 is 20.1 Å². The van der Waals surface area contributed by atoms with Gasteiger partial charge in [0.05, 0.1) is 12.8 Å². The van der Waals surface area contributed by atoms with E-state index in [-0.39, 0.29) is 17.5 Å². The molecule has 0 aliphatic carbocycles. The maximum Gasteiger partial charge on any atom is 0.273 e. The van der Waals surface area contributed by atoms with Crippen LogP contribution in [-0.4, -0.2) is 35.2 Å². The third-order valence-electron chi connectivity index (χ3n) is 5.44. The van der Waals surface area contributed by atoms with Gasteiger partial charge in [-0.1, -0.05) is 38.1 Å². The van der Waals surface area contributed by atoms with E-state index in [9.17, 15) is 9.59 Å². The highest BCUT2D eigenvalue weighted by Gasteiger charge is 2.18. The molecule has 36 heavy (non-hydrogen) atoms. The predicted octanol–water partition coefficient (Wildman–Crippen LogP) is 4.84. The number of hydrogen-bond donors (Lipinski definition) is 2. The number of para-hydroxylation sites is 1. The van der Waals surface area contributed by atoms with E-state index in [1.54, 1.807) is 24.1 Å². The molecule has 2 aromatic carbocycles. The van der Waals surface area contributed by atoms with Crippen LogP contribution in [0.5, 0.6) is 11.5 Å². The molecule has 2 amide bonds. The number of aryl methyl sites for hydroxylation is 2. The lowest BCUT2D eigenvalue weighted by Gasteiger charge is -2.12. The molecule has 0 aliphatic heterocycles. The van der Waals surface area contributed by atoms with Gasteiger partial charge in [-0.25, -0.2) is 0 Å². The Hall–Kier alpha value is -4.07. The second kappa shape index (κ2) is 12.6. The van der Waals surface area contributed by atoms with Crippen LogP contribution >= 0.6 is 0 Å². The summed E-state index contributed by atoms with van der Waals surface area (Å²) in [6, 6.07) is 13.4. The highest BCUT2D eigenvalue weighted by atomic mass is 16.5. The summed E-state index contributed by atoms with van der Waals surface area (Å²) in [5.74, 6) is 1.13. The summed E-state index contributed by atoms with van der Waals surface area (Å²) in [5.41, 5.74) is 3.28. The number of rotatable bonds is 11. The van der Waals surface area contributed by atoms with Crippen LogP contribution in [-0.2, 0) is 17.9 Å². The van der Waals surface area contributed by atoms with Gasteiger partial charge in [0.15, 0.2) is 5.69 Å². The standard InChI is InChI=1S/C28H34N4O4/c1-6-32-17-23(27(31-32)28(34)29-16-19(2)3)30-26(33)14-12-21-11-13-25(35-5)22(15-21)18-36-24-10-8-7-9-20(24)4/h7-15,17,19H,6,16,18H2,1-5H3,(H,29,34)(H,30,33)/b14-12+. The third-order valence-corrected chi connectivity index (χ3v) is 5.44. The number of amides is 2. The quantitative estimate of drug-likeness (QED) is 0.375. The first kappa shape index (κ1) is 26.5. The van der Waals surface area contributed by atoms with Crippen LogP contribution in [0, 0.1) is 12.8 Å². The Kier molecular flexibility index (Phi) is 9.27. The van der Waals surface area contributed by atoms with Crippen LogP contribution in [0.2, 0.25) is 0 Å². The van der Waals surface area contributed by atoms with E-state index in [1.165, 1.54) is 6.08 Å². The molecule has 0 bridgehead atoms. The lowest BCUT2D eigenvalue weighted by Crippen LogP contribution is -2.28. The molecule has 3 rings (SSSR count). The van der Waals surface area contributed by atoms with Crippen molar-refractivity contribution in [3.8, 4) is 11.5 Å². The average molecular weight is 491 g/mol. The second-order valence-corrected chi connectivity index (χ2v) is 8.80. The van der Waals surface area contributed by atoms with Crippen LogP contribution in [0.25, 0.3) is 6.08 Å². The minimum Gasteiger partial charge on any atom is -0.496 e. The summed E-state index contributed by atoms with van der Waals surface area (Å²) < 4.78 is 13.1. The molecule has 1 heterocycles. The SMILES string of the molecule is CCn1cc(NC(=O)/C=C/c2ccc(OC)c(COc3ccccc3C)c2)c(C(=O)NCC(C)C)n1. The molecule has 2 N–H and O–H groups in total.